The predicted octanol–water partition coefficient (Wildman–Crippen LogP) is 3.94. The van der Waals surface area contributed by atoms with Gasteiger partial charge in [0.05, 0.1) is 0 Å². The van der Waals surface area contributed by atoms with Crippen molar-refractivity contribution in [1.82, 2.24) is 4.90 Å². The number of rotatable bonds is 4. The Bertz CT molecular complexity index is 508. The van der Waals surface area contributed by atoms with Crippen molar-refractivity contribution < 1.29 is 4.79 Å². The second kappa shape index (κ2) is 5.92. The molecular formula is C19H27NO. The normalized spacial score (nSPS) is 29.0. The Morgan fingerprint density at radius 1 is 1.24 bits per heavy atom. The smallest absolute Gasteiger partial charge is 0.166 e. The summed E-state index contributed by atoms with van der Waals surface area (Å²) in [5, 5.41) is 0. The van der Waals surface area contributed by atoms with E-state index in [9.17, 15) is 4.79 Å². The van der Waals surface area contributed by atoms with Gasteiger partial charge in [-0.15, -0.1) is 0 Å². The number of hydrogen-bond donors (Lipinski definition) is 0. The first-order chi connectivity index (χ1) is 10.0. The van der Waals surface area contributed by atoms with E-state index in [0.717, 1.165) is 24.8 Å². The van der Waals surface area contributed by atoms with Crippen LogP contribution in [-0.4, -0.2) is 29.8 Å². The molecule has 2 saturated heterocycles. The first-order valence-electron chi connectivity index (χ1n) is 8.39. The van der Waals surface area contributed by atoms with Crippen molar-refractivity contribution in [3.05, 3.63) is 35.4 Å². The predicted molar refractivity (Wildman–Crippen MR) is 86.6 cm³/mol. The van der Waals surface area contributed by atoms with Crippen molar-refractivity contribution in [2.24, 2.45) is 11.8 Å². The topological polar surface area (TPSA) is 20.3 Å². The number of benzene rings is 1. The molecule has 2 heterocycles. The summed E-state index contributed by atoms with van der Waals surface area (Å²) in [7, 11) is 2.23. The van der Waals surface area contributed by atoms with Crippen LogP contribution in [0.15, 0.2) is 24.3 Å². The number of carbonyl (C=O) groups is 1. The van der Waals surface area contributed by atoms with Gasteiger partial charge in [0.2, 0.25) is 0 Å². The SMILES string of the molecule is CC(C)Cc1cccc(C(=O)C2CC3CCC(C2)N3C)c1. The number of Topliss-reactive ketones (excluding diaryl/α,β-unsaturated/α-hetero) is 1. The molecule has 0 amide bonds. The second-order valence-corrected chi connectivity index (χ2v) is 7.38. The van der Waals surface area contributed by atoms with E-state index in [1.807, 2.05) is 6.07 Å². The number of piperidine rings is 1. The lowest BCUT2D eigenvalue weighted by Gasteiger charge is -2.35. The van der Waals surface area contributed by atoms with E-state index in [-0.39, 0.29) is 5.92 Å². The highest BCUT2D eigenvalue weighted by molar-refractivity contribution is 5.98. The lowest BCUT2D eigenvalue weighted by molar-refractivity contribution is 0.0767. The number of nitrogens with zero attached hydrogens (tertiary/aromatic N) is 1. The maximum Gasteiger partial charge on any atom is 0.166 e. The lowest BCUT2D eigenvalue weighted by atomic mass is 9.84. The molecule has 2 fully saturated rings. The molecule has 2 nitrogen and oxygen atoms in total. The van der Waals surface area contributed by atoms with Gasteiger partial charge in [-0.3, -0.25) is 4.79 Å². The standard InChI is InChI=1S/C19H27NO/c1-13(2)9-14-5-4-6-15(10-14)19(21)16-11-17-7-8-18(12-16)20(17)3/h4-6,10,13,16-18H,7-9,11-12H2,1-3H3. The van der Waals surface area contributed by atoms with Crippen molar-refractivity contribution in [2.75, 3.05) is 7.05 Å². The molecule has 0 spiro atoms. The zero-order chi connectivity index (χ0) is 15.0. The van der Waals surface area contributed by atoms with Crippen LogP contribution in [0.25, 0.3) is 0 Å². The van der Waals surface area contributed by atoms with Crippen LogP contribution in [0.5, 0.6) is 0 Å². The van der Waals surface area contributed by atoms with Crippen LogP contribution in [0.3, 0.4) is 0 Å². The third kappa shape index (κ3) is 3.06. The average Bonchev–Trinajstić information content (AvgIpc) is 2.67. The summed E-state index contributed by atoms with van der Waals surface area (Å²) in [6, 6.07) is 9.60. The highest BCUT2D eigenvalue weighted by Crippen LogP contribution is 2.38. The molecule has 3 rings (SSSR count). The summed E-state index contributed by atoms with van der Waals surface area (Å²) in [6.45, 7) is 4.45. The molecule has 0 saturated carbocycles. The van der Waals surface area contributed by atoms with E-state index >= 15 is 0 Å². The van der Waals surface area contributed by atoms with Crippen LogP contribution in [0.4, 0.5) is 0 Å². The molecule has 0 aliphatic carbocycles. The van der Waals surface area contributed by atoms with Gasteiger partial charge >= 0.3 is 0 Å². The number of ketones is 1. The van der Waals surface area contributed by atoms with Gasteiger partial charge in [-0.25, -0.2) is 0 Å². The minimum absolute atomic E-state index is 0.244. The molecule has 2 unspecified atom stereocenters. The maximum absolute atomic E-state index is 12.8. The number of fused-ring (bicyclic) bond motifs is 2. The van der Waals surface area contributed by atoms with Crippen molar-refractivity contribution >= 4 is 5.78 Å². The van der Waals surface area contributed by atoms with E-state index < -0.39 is 0 Å². The van der Waals surface area contributed by atoms with Crippen LogP contribution < -0.4 is 0 Å². The summed E-state index contributed by atoms with van der Waals surface area (Å²) < 4.78 is 0. The molecule has 1 aromatic carbocycles. The van der Waals surface area contributed by atoms with Gasteiger partial charge in [0.25, 0.3) is 0 Å². The van der Waals surface area contributed by atoms with Gasteiger partial charge in [0.1, 0.15) is 0 Å². The van der Waals surface area contributed by atoms with Crippen LogP contribution in [0, 0.1) is 11.8 Å². The van der Waals surface area contributed by atoms with Crippen LogP contribution >= 0.6 is 0 Å². The molecule has 2 heteroatoms. The molecular weight excluding hydrogens is 258 g/mol. The van der Waals surface area contributed by atoms with Gasteiger partial charge in [0.15, 0.2) is 5.78 Å². The van der Waals surface area contributed by atoms with Crippen molar-refractivity contribution in [1.29, 1.82) is 0 Å². The Labute approximate surface area is 128 Å². The van der Waals surface area contributed by atoms with Gasteiger partial charge in [-0.2, -0.15) is 0 Å². The van der Waals surface area contributed by atoms with Crippen molar-refractivity contribution in [2.45, 2.75) is 58.0 Å². The fourth-order valence-electron chi connectivity index (χ4n) is 4.18. The molecule has 2 aliphatic rings. The van der Waals surface area contributed by atoms with Crippen molar-refractivity contribution in [3.8, 4) is 0 Å². The second-order valence-electron chi connectivity index (χ2n) is 7.38. The lowest BCUT2D eigenvalue weighted by Crippen LogP contribution is -2.42. The maximum atomic E-state index is 12.8. The monoisotopic (exact) mass is 285 g/mol. The Kier molecular flexibility index (Phi) is 4.17. The summed E-state index contributed by atoms with van der Waals surface area (Å²) in [5.41, 5.74) is 2.23. The highest BCUT2D eigenvalue weighted by atomic mass is 16.1. The molecule has 2 bridgehead atoms. The highest BCUT2D eigenvalue weighted by Gasteiger charge is 2.40. The Morgan fingerprint density at radius 2 is 1.90 bits per heavy atom. The van der Waals surface area contributed by atoms with Crippen LogP contribution in [0.2, 0.25) is 0 Å². The van der Waals surface area contributed by atoms with Gasteiger partial charge in [-0.1, -0.05) is 32.0 Å². The van der Waals surface area contributed by atoms with E-state index in [1.54, 1.807) is 0 Å². The summed E-state index contributed by atoms with van der Waals surface area (Å²) >= 11 is 0. The van der Waals surface area contributed by atoms with Gasteiger partial charge in [-0.05, 0) is 56.7 Å². The minimum atomic E-state index is 0.244. The molecule has 0 N–H and O–H groups in total. The third-order valence-electron chi connectivity index (χ3n) is 5.32. The van der Waals surface area contributed by atoms with Crippen LogP contribution in [0.1, 0.15) is 55.5 Å². The molecule has 0 aromatic heterocycles. The largest absolute Gasteiger partial charge is 0.300 e. The van der Waals surface area contributed by atoms with Gasteiger partial charge < -0.3 is 4.90 Å². The fourth-order valence-corrected chi connectivity index (χ4v) is 4.18. The molecule has 0 radical (unpaired) electrons. The van der Waals surface area contributed by atoms with Gasteiger partial charge in [0, 0.05) is 23.6 Å². The minimum Gasteiger partial charge on any atom is -0.300 e. The third-order valence-corrected chi connectivity index (χ3v) is 5.32. The Hall–Kier alpha value is -1.15. The quantitative estimate of drug-likeness (QED) is 0.781. The van der Waals surface area contributed by atoms with E-state index in [0.29, 0.717) is 23.8 Å². The zero-order valence-electron chi connectivity index (χ0n) is 13.5. The number of carbonyl (C=O) groups excluding carboxylic acids is 1. The zero-order valence-corrected chi connectivity index (χ0v) is 13.5. The molecule has 2 aliphatic heterocycles. The summed E-state index contributed by atoms with van der Waals surface area (Å²) in [6.07, 6.45) is 5.72. The first-order valence-corrected chi connectivity index (χ1v) is 8.39. The molecule has 1 aromatic rings. The average molecular weight is 285 g/mol. The van der Waals surface area contributed by atoms with Crippen molar-refractivity contribution in [3.63, 3.8) is 0 Å². The molecule has 2 atom stereocenters. The number of hydrogen-bond acceptors (Lipinski definition) is 2. The Balaban J connectivity index is 1.74. The summed E-state index contributed by atoms with van der Waals surface area (Å²) in [5.74, 6) is 1.26. The Morgan fingerprint density at radius 3 is 2.52 bits per heavy atom. The van der Waals surface area contributed by atoms with E-state index in [2.05, 4.69) is 44.0 Å². The van der Waals surface area contributed by atoms with E-state index in [4.69, 9.17) is 0 Å². The molecule has 114 valence electrons. The first kappa shape index (κ1) is 14.8. The van der Waals surface area contributed by atoms with Crippen LogP contribution in [-0.2, 0) is 6.42 Å². The molecule has 21 heavy (non-hydrogen) atoms. The summed E-state index contributed by atoms with van der Waals surface area (Å²) in [4.78, 5) is 15.3. The fraction of sp³-hybridized carbons (Fsp3) is 0.632. The van der Waals surface area contributed by atoms with E-state index in [1.165, 1.54) is 18.4 Å².